The number of aryl methyl sites for hydroxylation is 1. The Kier molecular flexibility index (Phi) is 8.29. The second-order valence-electron chi connectivity index (χ2n) is 9.89. The number of nitrogens with zero attached hydrogens (tertiary/aromatic N) is 1. The number of aliphatic hydroxyl groups is 1. The third-order valence-corrected chi connectivity index (χ3v) is 5.17. The Morgan fingerprint density at radius 2 is 1.84 bits per heavy atom. The lowest BCUT2D eigenvalue weighted by atomic mass is 10.00. The minimum Gasteiger partial charge on any atom is -0.444 e. The summed E-state index contributed by atoms with van der Waals surface area (Å²) < 4.78 is 5.25. The lowest BCUT2D eigenvalue weighted by molar-refractivity contribution is -0.144. The predicted octanol–water partition coefficient (Wildman–Crippen LogP) is 2.68. The van der Waals surface area contributed by atoms with Crippen LogP contribution in [0.3, 0.4) is 0 Å². The highest BCUT2D eigenvalue weighted by Gasteiger charge is 2.48. The number of aliphatic hydroxyl groups excluding tert-OH is 1. The monoisotopic (exact) mass is 447 g/mol. The maximum atomic E-state index is 13.6. The van der Waals surface area contributed by atoms with Gasteiger partial charge in [0.2, 0.25) is 11.8 Å². The van der Waals surface area contributed by atoms with Gasteiger partial charge in [-0.2, -0.15) is 0 Å². The average molecular weight is 448 g/mol. The summed E-state index contributed by atoms with van der Waals surface area (Å²) in [5, 5.41) is 15.3. The summed E-state index contributed by atoms with van der Waals surface area (Å²) in [7, 11) is 0. The quantitative estimate of drug-likeness (QED) is 0.568. The molecule has 1 fully saturated rings. The second-order valence-corrected chi connectivity index (χ2v) is 9.89. The molecule has 0 saturated heterocycles. The van der Waals surface area contributed by atoms with Gasteiger partial charge >= 0.3 is 6.09 Å². The van der Waals surface area contributed by atoms with E-state index >= 15 is 0 Å². The predicted molar refractivity (Wildman–Crippen MR) is 122 cm³/mol. The van der Waals surface area contributed by atoms with E-state index < -0.39 is 36.3 Å². The van der Waals surface area contributed by atoms with Gasteiger partial charge in [0, 0.05) is 12.1 Å². The van der Waals surface area contributed by atoms with E-state index in [0.29, 0.717) is 5.56 Å². The van der Waals surface area contributed by atoms with Crippen molar-refractivity contribution in [2.75, 3.05) is 6.61 Å². The molecular weight excluding hydrogens is 410 g/mol. The van der Waals surface area contributed by atoms with Gasteiger partial charge in [0.1, 0.15) is 17.7 Å². The molecule has 32 heavy (non-hydrogen) atoms. The van der Waals surface area contributed by atoms with Crippen LogP contribution in [-0.2, 0) is 14.3 Å². The Labute approximate surface area is 190 Å². The molecule has 1 aliphatic carbocycles. The largest absolute Gasteiger partial charge is 0.444 e. The van der Waals surface area contributed by atoms with Gasteiger partial charge in [0.15, 0.2) is 0 Å². The fourth-order valence-corrected chi connectivity index (χ4v) is 3.63. The van der Waals surface area contributed by atoms with Crippen molar-refractivity contribution >= 4 is 17.9 Å². The van der Waals surface area contributed by atoms with E-state index in [2.05, 4.69) is 10.6 Å². The van der Waals surface area contributed by atoms with Crippen LogP contribution in [0.1, 0.15) is 65.1 Å². The number of alkyl carbamates (subject to hydrolysis) is 1. The Hall–Kier alpha value is -2.61. The molecule has 4 atom stereocenters. The van der Waals surface area contributed by atoms with Gasteiger partial charge in [-0.05, 0) is 59.4 Å². The number of carbonyl (C=O) groups is 3. The van der Waals surface area contributed by atoms with Crippen molar-refractivity contribution in [2.45, 2.75) is 84.7 Å². The Morgan fingerprint density at radius 3 is 2.31 bits per heavy atom. The number of benzene rings is 1. The van der Waals surface area contributed by atoms with E-state index in [1.54, 1.807) is 20.8 Å². The molecule has 1 saturated carbocycles. The standard InChI is InChI=1S/C24H37N3O5/c1-14(2)25-21(29)20(17-10-8-9-15(3)11-17)27(19-12-16(19)4)22(30)18(13-28)26-23(31)32-24(5,6)7/h8-11,14,16,18-20,28H,12-13H2,1-7H3,(H,25,29)(H,26,31). The van der Waals surface area contributed by atoms with Gasteiger partial charge in [-0.25, -0.2) is 4.79 Å². The molecule has 3 N–H and O–H groups in total. The highest BCUT2D eigenvalue weighted by Crippen LogP contribution is 2.40. The van der Waals surface area contributed by atoms with Crippen LogP contribution in [0.5, 0.6) is 0 Å². The summed E-state index contributed by atoms with van der Waals surface area (Å²) >= 11 is 0. The van der Waals surface area contributed by atoms with Gasteiger partial charge in [-0.15, -0.1) is 0 Å². The van der Waals surface area contributed by atoms with Gasteiger partial charge in [0.05, 0.1) is 6.61 Å². The number of hydrogen-bond donors (Lipinski definition) is 3. The zero-order valence-electron chi connectivity index (χ0n) is 20.1. The van der Waals surface area contributed by atoms with Crippen molar-refractivity contribution in [1.29, 1.82) is 0 Å². The van der Waals surface area contributed by atoms with Crippen molar-refractivity contribution in [3.63, 3.8) is 0 Å². The number of nitrogens with one attached hydrogen (secondary N) is 2. The molecule has 0 spiro atoms. The summed E-state index contributed by atoms with van der Waals surface area (Å²) in [6, 6.07) is 5.09. The zero-order valence-corrected chi connectivity index (χ0v) is 20.1. The first kappa shape index (κ1) is 25.6. The Morgan fingerprint density at radius 1 is 1.22 bits per heavy atom. The normalized spacial score (nSPS) is 19.7. The minimum atomic E-state index is -1.23. The van der Waals surface area contributed by atoms with Crippen molar-refractivity contribution in [3.05, 3.63) is 35.4 Å². The molecule has 0 aliphatic heterocycles. The Balaban J connectivity index is 2.41. The molecule has 2 rings (SSSR count). The molecule has 1 aromatic rings. The molecule has 1 aromatic carbocycles. The SMILES string of the molecule is Cc1cccc(C(C(=O)NC(C)C)N(C(=O)C(CO)NC(=O)OC(C)(C)C)C2CC2C)c1. The van der Waals surface area contributed by atoms with Crippen LogP contribution in [-0.4, -0.2) is 58.2 Å². The molecule has 0 bridgehead atoms. The van der Waals surface area contributed by atoms with Crippen LogP contribution < -0.4 is 10.6 Å². The summed E-state index contributed by atoms with van der Waals surface area (Å²) in [4.78, 5) is 40.7. The van der Waals surface area contributed by atoms with Crippen molar-refractivity contribution < 1.29 is 24.2 Å². The highest BCUT2D eigenvalue weighted by atomic mass is 16.6. The van der Waals surface area contributed by atoms with E-state index in [-0.39, 0.29) is 23.9 Å². The average Bonchev–Trinajstić information content (AvgIpc) is 3.37. The van der Waals surface area contributed by atoms with E-state index in [1.165, 1.54) is 4.90 Å². The van der Waals surface area contributed by atoms with E-state index in [4.69, 9.17) is 4.74 Å². The molecule has 3 amide bonds. The van der Waals surface area contributed by atoms with Crippen molar-refractivity contribution in [1.82, 2.24) is 15.5 Å². The minimum absolute atomic E-state index is 0.114. The van der Waals surface area contributed by atoms with Gasteiger partial charge < -0.3 is 25.4 Å². The number of amides is 3. The van der Waals surface area contributed by atoms with Crippen LogP contribution in [0.4, 0.5) is 4.79 Å². The first-order chi connectivity index (χ1) is 14.8. The van der Waals surface area contributed by atoms with Crippen LogP contribution in [0.15, 0.2) is 24.3 Å². The van der Waals surface area contributed by atoms with E-state index in [9.17, 15) is 19.5 Å². The number of hydrogen-bond acceptors (Lipinski definition) is 5. The van der Waals surface area contributed by atoms with E-state index in [1.807, 2.05) is 52.0 Å². The first-order valence-electron chi connectivity index (χ1n) is 11.1. The molecule has 8 heteroatoms. The maximum Gasteiger partial charge on any atom is 0.408 e. The van der Waals surface area contributed by atoms with E-state index in [0.717, 1.165) is 12.0 Å². The molecule has 0 radical (unpaired) electrons. The topological polar surface area (TPSA) is 108 Å². The van der Waals surface area contributed by atoms with Gasteiger partial charge in [-0.1, -0.05) is 36.8 Å². The van der Waals surface area contributed by atoms with Crippen molar-refractivity contribution in [2.24, 2.45) is 5.92 Å². The number of carbonyl (C=O) groups excluding carboxylic acids is 3. The maximum absolute atomic E-state index is 13.6. The number of ether oxygens (including phenoxy) is 1. The summed E-state index contributed by atoms with van der Waals surface area (Å²) in [6.45, 7) is 12.2. The molecule has 8 nitrogen and oxygen atoms in total. The molecule has 4 unspecified atom stereocenters. The Bertz CT molecular complexity index is 833. The van der Waals surface area contributed by atoms with Crippen LogP contribution in [0.25, 0.3) is 0 Å². The fourth-order valence-electron chi connectivity index (χ4n) is 3.63. The first-order valence-corrected chi connectivity index (χ1v) is 11.1. The van der Waals surface area contributed by atoms with Gasteiger partial charge in [-0.3, -0.25) is 9.59 Å². The summed E-state index contributed by atoms with van der Waals surface area (Å²) in [5.41, 5.74) is 0.898. The molecule has 178 valence electrons. The van der Waals surface area contributed by atoms with Crippen LogP contribution in [0.2, 0.25) is 0 Å². The third-order valence-electron chi connectivity index (χ3n) is 5.17. The lowest BCUT2D eigenvalue weighted by Crippen LogP contribution is -2.55. The molecule has 0 heterocycles. The van der Waals surface area contributed by atoms with Crippen LogP contribution in [0, 0.1) is 12.8 Å². The van der Waals surface area contributed by atoms with Crippen LogP contribution >= 0.6 is 0 Å². The molecule has 1 aliphatic rings. The second kappa shape index (κ2) is 10.3. The highest BCUT2D eigenvalue weighted by molar-refractivity contribution is 5.92. The summed E-state index contributed by atoms with van der Waals surface area (Å²) in [6.07, 6.45) is -0.0550. The number of rotatable bonds is 8. The van der Waals surface area contributed by atoms with Gasteiger partial charge in [0.25, 0.3) is 0 Å². The van der Waals surface area contributed by atoms with Crippen molar-refractivity contribution in [3.8, 4) is 0 Å². The third kappa shape index (κ3) is 6.95. The molecular formula is C24H37N3O5. The lowest BCUT2D eigenvalue weighted by Gasteiger charge is -2.35. The smallest absolute Gasteiger partial charge is 0.408 e. The zero-order chi connectivity index (χ0) is 24.2. The fraction of sp³-hybridized carbons (Fsp3) is 0.625. The summed E-state index contributed by atoms with van der Waals surface area (Å²) in [5.74, 6) is -0.607. The molecule has 0 aromatic heterocycles.